The molecule has 0 unspecified atom stereocenters. The number of Topliss-reactive ketones (excluding diaryl/α,β-unsaturated/α-hetero) is 2. The molecule has 182 valence electrons. The Labute approximate surface area is 206 Å². The molecule has 0 aromatic carbocycles. The Morgan fingerprint density at radius 3 is 1.41 bits per heavy atom. The van der Waals surface area contributed by atoms with Gasteiger partial charge in [-0.1, -0.05) is 61.5 Å². The Morgan fingerprint density at radius 2 is 1.03 bits per heavy atom. The van der Waals surface area contributed by atoms with Crippen molar-refractivity contribution < 1.29 is 19.8 Å². The van der Waals surface area contributed by atoms with Crippen LogP contribution in [0.5, 0.6) is 0 Å². The molecule has 0 aliphatic heterocycles. The van der Waals surface area contributed by atoms with Gasteiger partial charge in [0.2, 0.25) is 11.6 Å². The van der Waals surface area contributed by atoms with Gasteiger partial charge >= 0.3 is 0 Å². The fraction of sp³-hybridized carbons (Fsp3) is 0.533. The number of ketones is 2. The Hall–Kier alpha value is -3.02. The summed E-state index contributed by atoms with van der Waals surface area (Å²) in [6, 6.07) is 0. The predicted molar refractivity (Wildman–Crippen MR) is 138 cm³/mol. The quantitative estimate of drug-likeness (QED) is 0.142. The highest BCUT2D eigenvalue weighted by Crippen LogP contribution is 2.07. The van der Waals surface area contributed by atoms with E-state index in [4.69, 9.17) is 12.8 Å². The highest BCUT2D eigenvalue weighted by Gasteiger charge is 2.02. The van der Waals surface area contributed by atoms with Gasteiger partial charge in [0.1, 0.15) is 12.2 Å². The normalized spacial score (nSPS) is 12.1. The largest absolute Gasteiger partial charge is 0.377 e. The smallest absolute Gasteiger partial charge is 0.205 e. The molecule has 4 nitrogen and oxygen atoms in total. The molecule has 34 heavy (non-hydrogen) atoms. The van der Waals surface area contributed by atoms with Crippen LogP contribution in [-0.2, 0) is 9.59 Å². The summed E-state index contributed by atoms with van der Waals surface area (Å²) in [4.78, 5) is 23.5. The molecular formula is C30H38O4. The van der Waals surface area contributed by atoms with Crippen LogP contribution in [0.3, 0.4) is 0 Å². The summed E-state index contributed by atoms with van der Waals surface area (Å²) in [5.74, 6) is 15.0. The second-order valence-corrected chi connectivity index (χ2v) is 7.93. The lowest BCUT2D eigenvalue weighted by molar-refractivity contribution is -0.118. The van der Waals surface area contributed by atoms with Crippen LogP contribution in [0, 0.1) is 48.4 Å². The second kappa shape index (κ2) is 23.1. The van der Waals surface area contributed by atoms with E-state index in [1.807, 2.05) is 12.2 Å². The number of hydrogen-bond acceptors (Lipinski definition) is 4. The molecular weight excluding hydrogens is 424 g/mol. The number of hydrogen-bond donors (Lipinski definition) is 2. The molecule has 2 N–H and O–H groups in total. The molecule has 0 bridgehead atoms. The van der Waals surface area contributed by atoms with E-state index in [0.717, 1.165) is 64.2 Å². The zero-order valence-electron chi connectivity index (χ0n) is 20.2. The molecule has 0 amide bonds. The topological polar surface area (TPSA) is 74.6 Å². The number of unbranched alkanes of at least 4 members (excludes halogenated alkanes) is 10. The van der Waals surface area contributed by atoms with Gasteiger partial charge in [0.25, 0.3) is 0 Å². The maximum atomic E-state index is 11.8. The zero-order chi connectivity index (χ0) is 25.3. The molecule has 0 fully saturated rings. The van der Waals surface area contributed by atoms with E-state index in [-0.39, 0.29) is 24.4 Å². The van der Waals surface area contributed by atoms with Crippen molar-refractivity contribution in [3.05, 3.63) is 24.3 Å². The van der Waals surface area contributed by atoms with Gasteiger partial charge in [-0.3, -0.25) is 9.59 Å². The van der Waals surface area contributed by atoms with Gasteiger partial charge in [-0.05, 0) is 62.5 Å². The summed E-state index contributed by atoms with van der Waals surface area (Å²) >= 11 is 0. The SMILES string of the molecule is C#C[C@@H](O)/C=C/CCCCCCC#CC(=O)CCC(=O)C#CCCCCCC/C=C/[C@H](O)C#C. The van der Waals surface area contributed by atoms with Crippen LogP contribution >= 0.6 is 0 Å². The number of allylic oxidation sites excluding steroid dienone is 2. The van der Waals surface area contributed by atoms with Gasteiger partial charge in [-0.15, -0.1) is 12.8 Å². The first-order chi connectivity index (χ1) is 16.5. The molecule has 0 aromatic heterocycles. The minimum absolute atomic E-state index is 0.123. The van der Waals surface area contributed by atoms with Gasteiger partial charge in [0.05, 0.1) is 0 Å². The molecule has 0 heterocycles. The predicted octanol–water partition coefficient (Wildman–Crippen LogP) is 4.69. The standard InChI is InChI=1S/C30H38O4/c1-3-27(31)21-17-13-9-5-7-11-15-19-23-29(33)25-26-30(34)24-20-16-12-8-6-10-14-18-22-28(32)4-2/h1-2,17-18,21-22,27-28,31-32H,5-16,25-26H2/b21-17+,22-18+/t27-,28-/m1/s1. The lowest BCUT2D eigenvalue weighted by Crippen LogP contribution is -2.00. The van der Waals surface area contributed by atoms with Crippen molar-refractivity contribution in [1.82, 2.24) is 0 Å². The monoisotopic (exact) mass is 462 g/mol. The fourth-order valence-electron chi connectivity index (χ4n) is 2.89. The van der Waals surface area contributed by atoms with Crippen LogP contribution in [0.15, 0.2) is 24.3 Å². The molecule has 4 heteroatoms. The van der Waals surface area contributed by atoms with E-state index >= 15 is 0 Å². The van der Waals surface area contributed by atoms with Crippen LogP contribution in [-0.4, -0.2) is 34.0 Å². The molecule has 0 saturated heterocycles. The van der Waals surface area contributed by atoms with E-state index < -0.39 is 12.2 Å². The van der Waals surface area contributed by atoms with Crippen molar-refractivity contribution in [1.29, 1.82) is 0 Å². The number of carbonyl (C=O) groups excluding carboxylic acids is 2. The molecule has 0 aliphatic carbocycles. The summed E-state index contributed by atoms with van der Waals surface area (Å²) in [6.07, 6.45) is 27.1. The molecule has 0 radical (unpaired) electrons. The minimum Gasteiger partial charge on any atom is -0.377 e. The average Bonchev–Trinajstić information content (AvgIpc) is 2.84. The second-order valence-electron chi connectivity index (χ2n) is 7.93. The van der Waals surface area contributed by atoms with Gasteiger partial charge < -0.3 is 10.2 Å². The van der Waals surface area contributed by atoms with Crippen molar-refractivity contribution in [3.8, 4) is 48.4 Å². The van der Waals surface area contributed by atoms with Gasteiger partial charge in [-0.2, -0.15) is 0 Å². The first-order valence-electron chi connectivity index (χ1n) is 12.1. The minimum atomic E-state index is -0.799. The van der Waals surface area contributed by atoms with Crippen LogP contribution in [0.4, 0.5) is 0 Å². The molecule has 2 atom stereocenters. The summed E-state index contributed by atoms with van der Waals surface area (Å²) in [5, 5.41) is 18.4. The molecule has 0 aromatic rings. The Bertz CT molecular complexity index is 771. The molecule has 0 saturated carbocycles. The lowest BCUT2D eigenvalue weighted by atomic mass is 10.1. The first kappa shape index (κ1) is 31.0. The van der Waals surface area contributed by atoms with Gasteiger partial charge in [0, 0.05) is 25.7 Å². The van der Waals surface area contributed by atoms with E-state index in [0.29, 0.717) is 12.8 Å². The van der Waals surface area contributed by atoms with Crippen molar-refractivity contribution in [3.63, 3.8) is 0 Å². The van der Waals surface area contributed by atoms with Crippen molar-refractivity contribution in [2.75, 3.05) is 0 Å². The van der Waals surface area contributed by atoms with Crippen LogP contribution in [0.2, 0.25) is 0 Å². The maximum absolute atomic E-state index is 11.8. The lowest BCUT2D eigenvalue weighted by Gasteiger charge is -1.97. The summed E-state index contributed by atoms with van der Waals surface area (Å²) in [5.41, 5.74) is 0. The number of aliphatic hydroxyl groups is 2. The average molecular weight is 463 g/mol. The molecule has 0 rings (SSSR count). The molecule has 0 aliphatic rings. The van der Waals surface area contributed by atoms with Crippen molar-refractivity contribution >= 4 is 11.6 Å². The molecule has 0 spiro atoms. The zero-order valence-corrected chi connectivity index (χ0v) is 20.2. The number of rotatable bonds is 17. The van der Waals surface area contributed by atoms with Crippen molar-refractivity contribution in [2.24, 2.45) is 0 Å². The first-order valence-corrected chi connectivity index (χ1v) is 12.1. The third-order valence-corrected chi connectivity index (χ3v) is 4.86. The highest BCUT2D eigenvalue weighted by atomic mass is 16.3. The van der Waals surface area contributed by atoms with E-state index in [1.165, 1.54) is 0 Å². The Kier molecular flexibility index (Phi) is 21.1. The van der Waals surface area contributed by atoms with E-state index in [9.17, 15) is 19.8 Å². The van der Waals surface area contributed by atoms with Crippen LogP contribution in [0.1, 0.15) is 89.9 Å². The number of carbonyl (C=O) groups is 2. The fourth-order valence-corrected chi connectivity index (χ4v) is 2.89. The number of aliphatic hydroxyl groups excluding tert-OH is 2. The Balaban J connectivity index is 3.69. The third-order valence-electron chi connectivity index (χ3n) is 4.86. The van der Waals surface area contributed by atoms with Gasteiger partial charge in [-0.25, -0.2) is 0 Å². The van der Waals surface area contributed by atoms with Crippen LogP contribution in [0.25, 0.3) is 0 Å². The number of terminal acetylenes is 2. The maximum Gasteiger partial charge on any atom is 0.205 e. The summed E-state index contributed by atoms with van der Waals surface area (Å²) in [6.45, 7) is 0. The van der Waals surface area contributed by atoms with Crippen molar-refractivity contribution in [2.45, 2.75) is 102 Å². The van der Waals surface area contributed by atoms with E-state index in [2.05, 4.69) is 35.5 Å². The Morgan fingerprint density at radius 1 is 0.647 bits per heavy atom. The summed E-state index contributed by atoms with van der Waals surface area (Å²) < 4.78 is 0. The van der Waals surface area contributed by atoms with E-state index in [1.54, 1.807) is 12.2 Å². The third kappa shape index (κ3) is 22.2. The highest BCUT2D eigenvalue weighted by molar-refractivity contribution is 6.01. The van der Waals surface area contributed by atoms with Crippen LogP contribution < -0.4 is 0 Å². The summed E-state index contributed by atoms with van der Waals surface area (Å²) in [7, 11) is 0. The van der Waals surface area contributed by atoms with Gasteiger partial charge in [0.15, 0.2) is 0 Å².